The molecular weight excluding hydrogens is 604 g/mol. The van der Waals surface area contributed by atoms with E-state index in [2.05, 4.69) is 10.6 Å². The first-order chi connectivity index (χ1) is 22.2. The Morgan fingerprint density at radius 1 is 0.935 bits per heavy atom. The van der Waals surface area contributed by atoms with Gasteiger partial charge in [-0.05, 0) is 81.1 Å². The number of carbonyl (C=O) groups is 3. The van der Waals surface area contributed by atoms with Gasteiger partial charge in [-0.15, -0.1) is 0 Å². The lowest BCUT2D eigenvalue weighted by Crippen LogP contribution is -2.51. The topological polar surface area (TPSA) is 125 Å². The third-order valence-corrected chi connectivity index (χ3v) is 10.7. The molecule has 3 aromatic rings. The molecule has 2 amide bonds. The molecule has 0 aromatic heterocycles. The number of esters is 1. The molecule has 11 heteroatoms. The van der Waals surface area contributed by atoms with Crippen LogP contribution in [0.25, 0.3) is 0 Å². The molecule has 2 N–H and O–H groups in total. The largest absolute Gasteiger partial charge is 0.467 e. The molecule has 3 aromatic carbocycles. The maximum Gasteiger partial charge on any atom is 0.328 e. The summed E-state index contributed by atoms with van der Waals surface area (Å²) in [7, 11) is -2.65. The van der Waals surface area contributed by atoms with Crippen molar-refractivity contribution in [2.24, 2.45) is 5.92 Å². The fraction of sp³-hybridized carbons (Fsp3) is 0.400. The number of hydrogen-bond donors (Lipinski definition) is 2. The predicted octanol–water partition coefficient (Wildman–Crippen LogP) is 3.58. The molecular formula is C35H42N4O6S. The molecule has 0 spiro atoms. The van der Waals surface area contributed by atoms with Crippen LogP contribution in [0.3, 0.4) is 0 Å². The molecule has 0 aliphatic carbocycles. The number of anilines is 1. The van der Waals surface area contributed by atoms with E-state index in [9.17, 15) is 22.8 Å². The summed E-state index contributed by atoms with van der Waals surface area (Å²) in [5.74, 6) is -1.15. The third-order valence-electron chi connectivity index (χ3n) is 8.76. The molecule has 2 saturated heterocycles. The van der Waals surface area contributed by atoms with Gasteiger partial charge in [0.2, 0.25) is 21.8 Å². The van der Waals surface area contributed by atoms with Gasteiger partial charge in [0.05, 0.1) is 18.6 Å². The number of aryl methyl sites for hydroxylation is 1. The van der Waals surface area contributed by atoms with Crippen LogP contribution in [-0.4, -0.2) is 69.3 Å². The Balaban J connectivity index is 1.31. The number of nitrogens with zero attached hydrogens (tertiary/aromatic N) is 2. The van der Waals surface area contributed by atoms with Crippen molar-refractivity contribution in [3.8, 4) is 0 Å². The van der Waals surface area contributed by atoms with Gasteiger partial charge in [-0.2, -0.15) is 4.31 Å². The molecule has 2 atom stereocenters. The van der Waals surface area contributed by atoms with Crippen LogP contribution in [0.5, 0.6) is 0 Å². The lowest BCUT2D eigenvalue weighted by Gasteiger charge is -2.30. The van der Waals surface area contributed by atoms with Gasteiger partial charge >= 0.3 is 5.97 Å². The molecule has 46 heavy (non-hydrogen) atoms. The van der Waals surface area contributed by atoms with Gasteiger partial charge in [0.15, 0.2) is 0 Å². The highest BCUT2D eigenvalue weighted by molar-refractivity contribution is 7.89. The molecule has 2 heterocycles. The summed E-state index contributed by atoms with van der Waals surface area (Å²) >= 11 is 0. The van der Waals surface area contributed by atoms with Crippen molar-refractivity contribution in [2.45, 2.75) is 62.6 Å². The zero-order valence-electron chi connectivity index (χ0n) is 26.4. The monoisotopic (exact) mass is 646 g/mol. The second kappa shape index (κ2) is 15.0. The highest BCUT2D eigenvalue weighted by Gasteiger charge is 2.40. The van der Waals surface area contributed by atoms with Crippen molar-refractivity contribution in [1.29, 1.82) is 0 Å². The number of rotatable bonds is 11. The summed E-state index contributed by atoms with van der Waals surface area (Å²) in [6.07, 6.45) is 2.59. The van der Waals surface area contributed by atoms with E-state index < -0.39 is 34.0 Å². The Morgan fingerprint density at radius 2 is 1.61 bits per heavy atom. The Hall–Kier alpha value is -4.06. The summed E-state index contributed by atoms with van der Waals surface area (Å²) in [6.45, 7) is 4.15. The SMILES string of the molecule is COC(=O)[C@H](Cc1ccc(N(Cc2ccccc2)C(=O)C2CCNCC2)cc1)NC(=O)[C@@H]1CCCN1S(=O)(=O)c1ccc(C)cc1. The van der Waals surface area contributed by atoms with E-state index >= 15 is 0 Å². The molecule has 2 fully saturated rings. The number of ether oxygens (including phenoxy) is 1. The van der Waals surface area contributed by atoms with Crippen molar-refractivity contribution in [3.05, 3.63) is 95.6 Å². The smallest absolute Gasteiger partial charge is 0.328 e. The molecule has 0 radical (unpaired) electrons. The fourth-order valence-electron chi connectivity index (χ4n) is 6.14. The van der Waals surface area contributed by atoms with Crippen LogP contribution < -0.4 is 15.5 Å². The average Bonchev–Trinajstić information content (AvgIpc) is 3.59. The second-order valence-corrected chi connectivity index (χ2v) is 13.9. The molecule has 0 saturated carbocycles. The fourth-order valence-corrected chi connectivity index (χ4v) is 7.79. The van der Waals surface area contributed by atoms with Gasteiger partial charge in [0.1, 0.15) is 12.1 Å². The molecule has 10 nitrogen and oxygen atoms in total. The minimum Gasteiger partial charge on any atom is -0.467 e. The van der Waals surface area contributed by atoms with E-state index in [-0.39, 0.29) is 29.7 Å². The molecule has 244 valence electrons. The number of piperidine rings is 1. The predicted molar refractivity (Wildman–Crippen MR) is 175 cm³/mol. The Labute approximate surface area is 271 Å². The van der Waals surface area contributed by atoms with E-state index in [1.54, 1.807) is 24.3 Å². The van der Waals surface area contributed by atoms with E-state index in [0.29, 0.717) is 19.4 Å². The molecule has 0 bridgehead atoms. The Kier molecular flexibility index (Phi) is 10.9. The summed E-state index contributed by atoms with van der Waals surface area (Å²) in [5, 5.41) is 6.08. The quantitative estimate of drug-likeness (QED) is 0.305. The van der Waals surface area contributed by atoms with Crippen LogP contribution in [0.15, 0.2) is 83.8 Å². The first kappa shape index (κ1) is 33.3. The van der Waals surface area contributed by atoms with Gasteiger partial charge in [-0.1, -0.05) is 60.2 Å². The number of nitrogens with one attached hydrogen (secondary N) is 2. The normalized spacial score (nSPS) is 18.1. The number of methoxy groups -OCH3 is 1. The molecule has 5 rings (SSSR count). The van der Waals surface area contributed by atoms with Crippen molar-refractivity contribution in [2.75, 3.05) is 31.6 Å². The zero-order chi connectivity index (χ0) is 32.7. The van der Waals surface area contributed by atoms with Gasteiger partial charge in [-0.3, -0.25) is 9.59 Å². The first-order valence-corrected chi connectivity index (χ1v) is 17.2. The Bertz CT molecular complexity index is 1610. The second-order valence-electron chi connectivity index (χ2n) is 12.0. The lowest BCUT2D eigenvalue weighted by atomic mass is 9.95. The average molecular weight is 647 g/mol. The van der Waals surface area contributed by atoms with Crippen molar-refractivity contribution < 1.29 is 27.5 Å². The number of benzene rings is 3. The van der Waals surface area contributed by atoms with Crippen LogP contribution in [0.2, 0.25) is 0 Å². The van der Waals surface area contributed by atoms with Crippen molar-refractivity contribution in [3.63, 3.8) is 0 Å². The summed E-state index contributed by atoms with van der Waals surface area (Å²) < 4.78 is 33.0. The zero-order valence-corrected chi connectivity index (χ0v) is 27.2. The third kappa shape index (κ3) is 7.83. The summed E-state index contributed by atoms with van der Waals surface area (Å²) in [6, 6.07) is 21.8. The number of sulfonamides is 1. The Morgan fingerprint density at radius 3 is 2.26 bits per heavy atom. The standard InChI is InChI=1S/C35H42N4O6S/c1-25-10-16-30(17-11-25)46(43,44)39-22-6-9-32(39)33(40)37-31(35(42)45-2)23-26-12-14-29(15-13-26)38(24-27-7-4-3-5-8-27)34(41)28-18-20-36-21-19-28/h3-5,7-8,10-17,28,31-32,36H,6,9,18-24H2,1-2H3,(H,37,40)/t31-,32-/m0/s1. The van der Waals surface area contributed by atoms with E-state index in [4.69, 9.17) is 4.74 Å². The van der Waals surface area contributed by atoms with Gasteiger partial charge < -0.3 is 20.3 Å². The summed E-state index contributed by atoms with van der Waals surface area (Å²) in [5.41, 5.74) is 3.45. The minimum absolute atomic E-state index is 0.0615. The van der Waals surface area contributed by atoms with Crippen LogP contribution in [0.1, 0.15) is 42.4 Å². The molecule has 2 aliphatic rings. The molecule has 2 aliphatic heterocycles. The number of hydrogen-bond acceptors (Lipinski definition) is 7. The number of amides is 2. The maximum absolute atomic E-state index is 13.7. The lowest BCUT2D eigenvalue weighted by molar-refractivity contribution is -0.145. The van der Waals surface area contributed by atoms with Crippen LogP contribution >= 0.6 is 0 Å². The van der Waals surface area contributed by atoms with Gasteiger partial charge in [-0.25, -0.2) is 13.2 Å². The van der Waals surface area contributed by atoms with E-state index in [1.807, 2.05) is 66.4 Å². The van der Waals surface area contributed by atoms with Crippen molar-refractivity contribution in [1.82, 2.24) is 14.9 Å². The van der Waals surface area contributed by atoms with E-state index in [0.717, 1.165) is 48.3 Å². The van der Waals surface area contributed by atoms with Crippen LogP contribution in [0, 0.1) is 12.8 Å². The van der Waals surface area contributed by atoms with E-state index in [1.165, 1.54) is 11.4 Å². The van der Waals surface area contributed by atoms with Crippen molar-refractivity contribution >= 4 is 33.5 Å². The minimum atomic E-state index is -3.90. The molecule has 0 unspecified atom stereocenters. The first-order valence-electron chi connectivity index (χ1n) is 15.8. The number of carbonyl (C=O) groups excluding carboxylic acids is 3. The summed E-state index contributed by atoms with van der Waals surface area (Å²) in [4.78, 5) is 41.9. The maximum atomic E-state index is 13.7. The van der Waals surface area contributed by atoms with Crippen LogP contribution in [0.4, 0.5) is 5.69 Å². The van der Waals surface area contributed by atoms with Crippen LogP contribution in [-0.2, 0) is 42.1 Å². The van der Waals surface area contributed by atoms with Gasteiger partial charge in [0.25, 0.3) is 0 Å². The van der Waals surface area contributed by atoms with Gasteiger partial charge in [0, 0.05) is 24.6 Å². The highest BCUT2D eigenvalue weighted by atomic mass is 32.2. The highest BCUT2D eigenvalue weighted by Crippen LogP contribution is 2.28.